The number of amides is 1. The predicted molar refractivity (Wildman–Crippen MR) is 67.2 cm³/mol. The second-order valence-electron chi connectivity index (χ2n) is 4.68. The Balaban J connectivity index is 2.25. The number of hydrogen-bond acceptors (Lipinski definition) is 3. The standard InChI is InChI=1S/C13H15ClN2O2/c1-16(12(17)10-5-8-18-11(10)14)13(9-15)6-3-2-4-7-13/h5,8H,2-4,6-7H2,1H3. The molecule has 0 aromatic carbocycles. The Labute approximate surface area is 111 Å². The summed E-state index contributed by atoms with van der Waals surface area (Å²) < 4.78 is 4.92. The van der Waals surface area contributed by atoms with Crippen molar-refractivity contribution in [3.8, 4) is 6.07 Å². The summed E-state index contributed by atoms with van der Waals surface area (Å²) >= 11 is 5.81. The molecule has 1 aromatic rings. The minimum absolute atomic E-state index is 0.0794. The topological polar surface area (TPSA) is 57.2 Å². The molecule has 96 valence electrons. The van der Waals surface area contributed by atoms with E-state index in [0.717, 1.165) is 32.1 Å². The van der Waals surface area contributed by atoms with Crippen LogP contribution in [0.4, 0.5) is 0 Å². The van der Waals surface area contributed by atoms with Gasteiger partial charge in [-0.05, 0) is 30.5 Å². The van der Waals surface area contributed by atoms with Crippen LogP contribution in [0.2, 0.25) is 5.22 Å². The molecule has 0 radical (unpaired) electrons. The Morgan fingerprint density at radius 3 is 2.67 bits per heavy atom. The number of nitrogens with zero attached hydrogens (tertiary/aromatic N) is 2. The molecule has 0 atom stereocenters. The third kappa shape index (κ3) is 2.11. The van der Waals surface area contributed by atoms with E-state index in [2.05, 4.69) is 6.07 Å². The lowest BCUT2D eigenvalue weighted by Crippen LogP contribution is -2.49. The van der Waals surface area contributed by atoms with E-state index >= 15 is 0 Å². The second-order valence-corrected chi connectivity index (χ2v) is 5.02. The summed E-state index contributed by atoms with van der Waals surface area (Å²) in [6.07, 6.45) is 5.90. The van der Waals surface area contributed by atoms with Gasteiger partial charge in [-0.25, -0.2) is 0 Å². The van der Waals surface area contributed by atoms with Gasteiger partial charge < -0.3 is 9.32 Å². The Hall–Kier alpha value is -1.47. The van der Waals surface area contributed by atoms with E-state index in [1.54, 1.807) is 7.05 Å². The van der Waals surface area contributed by atoms with Crippen molar-refractivity contribution in [1.82, 2.24) is 4.90 Å². The van der Waals surface area contributed by atoms with Crippen molar-refractivity contribution in [2.24, 2.45) is 0 Å². The summed E-state index contributed by atoms with van der Waals surface area (Å²) in [7, 11) is 1.67. The predicted octanol–water partition coefficient (Wildman–Crippen LogP) is 3.23. The van der Waals surface area contributed by atoms with E-state index in [4.69, 9.17) is 16.0 Å². The molecule has 1 amide bonds. The molecule has 2 rings (SSSR count). The molecule has 18 heavy (non-hydrogen) atoms. The highest BCUT2D eigenvalue weighted by Crippen LogP contribution is 2.34. The van der Waals surface area contributed by atoms with Crippen molar-refractivity contribution >= 4 is 17.5 Å². The largest absolute Gasteiger partial charge is 0.452 e. The van der Waals surface area contributed by atoms with Crippen LogP contribution in [-0.4, -0.2) is 23.4 Å². The average Bonchev–Trinajstić information content (AvgIpc) is 2.84. The maximum Gasteiger partial charge on any atom is 0.259 e. The van der Waals surface area contributed by atoms with Gasteiger partial charge in [0.2, 0.25) is 5.22 Å². The van der Waals surface area contributed by atoms with Crippen LogP contribution in [0, 0.1) is 11.3 Å². The van der Waals surface area contributed by atoms with E-state index in [9.17, 15) is 10.1 Å². The SMILES string of the molecule is CN(C(=O)c1ccoc1Cl)C1(C#N)CCCCC1. The summed E-state index contributed by atoms with van der Waals surface area (Å²) in [4.78, 5) is 13.8. The Kier molecular flexibility index (Phi) is 3.63. The van der Waals surface area contributed by atoms with Gasteiger partial charge in [-0.1, -0.05) is 19.3 Å². The van der Waals surface area contributed by atoms with E-state index in [0.29, 0.717) is 5.56 Å². The molecule has 1 saturated carbocycles. The van der Waals surface area contributed by atoms with Gasteiger partial charge in [0.1, 0.15) is 5.54 Å². The first kappa shape index (κ1) is 13.0. The fourth-order valence-electron chi connectivity index (χ4n) is 2.48. The van der Waals surface area contributed by atoms with E-state index in [-0.39, 0.29) is 11.1 Å². The summed E-state index contributed by atoms with van der Waals surface area (Å²) in [5.41, 5.74) is -0.380. The van der Waals surface area contributed by atoms with Crippen molar-refractivity contribution in [1.29, 1.82) is 5.26 Å². The molecule has 0 unspecified atom stereocenters. The van der Waals surface area contributed by atoms with Crippen LogP contribution in [0.1, 0.15) is 42.5 Å². The van der Waals surface area contributed by atoms with Crippen LogP contribution in [0.5, 0.6) is 0 Å². The lowest BCUT2D eigenvalue weighted by Gasteiger charge is -2.38. The maximum atomic E-state index is 12.3. The highest BCUT2D eigenvalue weighted by Gasteiger charge is 2.39. The zero-order chi connectivity index (χ0) is 13.2. The fraction of sp³-hybridized carbons (Fsp3) is 0.538. The third-order valence-electron chi connectivity index (χ3n) is 3.68. The number of rotatable bonds is 2. The van der Waals surface area contributed by atoms with Crippen molar-refractivity contribution < 1.29 is 9.21 Å². The van der Waals surface area contributed by atoms with Crippen molar-refractivity contribution in [3.63, 3.8) is 0 Å². The zero-order valence-corrected chi connectivity index (χ0v) is 11.0. The van der Waals surface area contributed by atoms with Crippen LogP contribution in [-0.2, 0) is 0 Å². The zero-order valence-electron chi connectivity index (χ0n) is 10.3. The van der Waals surface area contributed by atoms with Gasteiger partial charge in [-0.3, -0.25) is 4.79 Å². The first-order chi connectivity index (χ1) is 8.60. The molecule has 1 aliphatic carbocycles. The normalized spacial score (nSPS) is 18.1. The second kappa shape index (κ2) is 5.03. The molecule has 1 heterocycles. The summed E-state index contributed by atoms with van der Waals surface area (Å²) in [6.45, 7) is 0. The lowest BCUT2D eigenvalue weighted by molar-refractivity contribution is 0.0588. The summed E-state index contributed by atoms with van der Waals surface area (Å²) in [6, 6.07) is 3.85. The van der Waals surface area contributed by atoms with Crippen LogP contribution < -0.4 is 0 Å². The third-order valence-corrected chi connectivity index (χ3v) is 3.98. The summed E-state index contributed by atoms with van der Waals surface area (Å²) in [5, 5.41) is 9.51. The smallest absolute Gasteiger partial charge is 0.259 e. The van der Waals surface area contributed by atoms with E-state index in [1.165, 1.54) is 17.2 Å². The minimum atomic E-state index is -0.698. The van der Waals surface area contributed by atoms with Gasteiger partial charge in [0.15, 0.2) is 0 Å². The van der Waals surface area contributed by atoms with Gasteiger partial charge in [-0.15, -0.1) is 0 Å². The Morgan fingerprint density at radius 1 is 1.50 bits per heavy atom. The number of nitriles is 1. The first-order valence-electron chi connectivity index (χ1n) is 6.03. The lowest BCUT2D eigenvalue weighted by atomic mass is 9.81. The average molecular weight is 267 g/mol. The monoisotopic (exact) mass is 266 g/mol. The molecule has 5 heteroatoms. The molecule has 0 spiro atoms. The van der Waals surface area contributed by atoms with Gasteiger partial charge in [-0.2, -0.15) is 5.26 Å². The molecule has 0 saturated heterocycles. The molecule has 4 nitrogen and oxygen atoms in total. The maximum absolute atomic E-state index is 12.3. The number of carbonyl (C=O) groups excluding carboxylic acids is 1. The van der Waals surface area contributed by atoms with Crippen molar-refractivity contribution in [2.75, 3.05) is 7.05 Å². The van der Waals surface area contributed by atoms with Crippen LogP contribution in [0.3, 0.4) is 0 Å². The van der Waals surface area contributed by atoms with Crippen LogP contribution >= 0.6 is 11.6 Å². The number of halogens is 1. The van der Waals surface area contributed by atoms with Crippen LogP contribution in [0.25, 0.3) is 0 Å². The van der Waals surface area contributed by atoms with Crippen molar-refractivity contribution in [2.45, 2.75) is 37.6 Å². The molecule has 1 aromatic heterocycles. The quantitative estimate of drug-likeness (QED) is 0.826. The van der Waals surface area contributed by atoms with Gasteiger partial charge in [0.05, 0.1) is 17.9 Å². The molecule has 0 N–H and O–H groups in total. The van der Waals surface area contributed by atoms with Gasteiger partial charge >= 0.3 is 0 Å². The molecule has 0 aliphatic heterocycles. The highest BCUT2D eigenvalue weighted by molar-refractivity contribution is 6.32. The Bertz CT molecular complexity index is 483. The molecule has 0 bridgehead atoms. The number of carbonyl (C=O) groups is 1. The van der Waals surface area contributed by atoms with Gasteiger partial charge in [0.25, 0.3) is 5.91 Å². The molecular formula is C13H15ClN2O2. The van der Waals surface area contributed by atoms with Crippen molar-refractivity contribution in [3.05, 3.63) is 23.1 Å². The van der Waals surface area contributed by atoms with E-state index < -0.39 is 5.54 Å². The Morgan fingerprint density at radius 2 is 2.17 bits per heavy atom. The highest BCUT2D eigenvalue weighted by atomic mass is 35.5. The number of hydrogen-bond donors (Lipinski definition) is 0. The number of furan rings is 1. The summed E-state index contributed by atoms with van der Waals surface area (Å²) in [5.74, 6) is -0.253. The molecule has 1 aliphatic rings. The van der Waals surface area contributed by atoms with E-state index in [1.807, 2.05) is 0 Å². The van der Waals surface area contributed by atoms with Gasteiger partial charge in [0, 0.05) is 7.05 Å². The molecule has 1 fully saturated rings. The fourth-order valence-corrected chi connectivity index (χ4v) is 2.68. The van der Waals surface area contributed by atoms with Crippen LogP contribution in [0.15, 0.2) is 16.7 Å². The molecular weight excluding hydrogens is 252 g/mol. The minimum Gasteiger partial charge on any atom is -0.452 e. The first-order valence-corrected chi connectivity index (χ1v) is 6.41.